The summed E-state index contributed by atoms with van der Waals surface area (Å²) < 4.78 is 120. The molecule has 0 aliphatic carbocycles. The summed E-state index contributed by atoms with van der Waals surface area (Å²) in [5.41, 5.74) is -0.344. The van der Waals surface area contributed by atoms with E-state index in [1.54, 1.807) is 52.3 Å². The zero-order valence-electron chi connectivity index (χ0n) is 41.0. The Hall–Kier alpha value is -7.32. The van der Waals surface area contributed by atoms with Crippen molar-refractivity contribution in [2.75, 3.05) is 69.3 Å². The van der Waals surface area contributed by atoms with Crippen LogP contribution in [0.4, 0.5) is 43.8 Å². The lowest BCUT2D eigenvalue weighted by molar-refractivity contribution is -0.137. The second kappa shape index (κ2) is 22.0. The molecule has 2 aliphatic rings. The molecule has 7 aromatic rings. The molecule has 1 fully saturated rings. The molecule has 3 aromatic heterocycles. The van der Waals surface area contributed by atoms with Crippen molar-refractivity contribution in [3.8, 4) is 40.3 Å². The highest BCUT2D eigenvalue weighted by molar-refractivity contribution is 6.36. The Balaban J connectivity index is 1.19. The molecule has 14 nitrogen and oxygen atoms in total. The molecule has 74 heavy (non-hydrogen) atoms. The lowest BCUT2D eigenvalue weighted by atomic mass is 9.98. The molecular weight excluding hydrogens is 992 g/mol. The fourth-order valence-corrected chi connectivity index (χ4v) is 9.54. The van der Waals surface area contributed by atoms with E-state index in [1.807, 2.05) is 55.5 Å². The zero-order chi connectivity index (χ0) is 52.3. The van der Waals surface area contributed by atoms with Crippen molar-refractivity contribution in [3.05, 3.63) is 136 Å². The minimum atomic E-state index is -5.05. The molecule has 9 rings (SSSR count). The number of halogens is 7. The van der Waals surface area contributed by atoms with Gasteiger partial charge in [0.05, 0.1) is 67.7 Å². The van der Waals surface area contributed by atoms with Crippen LogP contribution in [-0.4, -0.2) is 96.5 Å². The topological polar surface area (TPSA) is 132 Å². The summed E-state index contributed by atoms with van der Waals surface area (Å²) in [6, 6.07) is 21.8. The third-order valence-corrected chi connectivity index (χ3v) is 13.6. The van der Waals surface area contributed by atoms with Crippen molar-refractivity contribution in [2.45, 2.75) is 64.6 Å². The van der Waals surface area contributed by atoms with Crippen molar-refractivity contribution < 1.29 is 50.0 Å². The molecule has 2 atom stereocenters. The van der Waals surface area contributed by atoms with Gasteiger partial charge >= 0.3 is 12.2 Å². The number of ether oxygens (including phenoxy) is 5. The predicted molar refractivity (Wildman–Crippen MR) is 268 cm³/mol. The molecule has 2 aliphatic heterocycles. The highest BCUT2D eigenvalue weighted by Gasteiger charge is 2.41. The van der Waals surface area contributed by atoms with Crippen molar-refractivity contribution in [3.63, 3.8) is 0 Å². The molecule has 0 bridgehead atoms. The van der Waals surface area contributed by atoms with Crippen LogP contribution in [-0.2, 0) is 25.8 Å². The SMILES string of the molecule is COc1ccc(CNc2ncncc2[C@@H](C)N2CCOc3c(Cl)c(-c4nc(N(Cc5ccc(OC)cc5)Cc5ccc(OC)cc5)cc(C)c4C(F)(F)F)c(F)c4nc(OC[C@@H]5CCN5CC(F)F)nc2c34)cc1. The van der Waals surface area contributed by atoms with Crippen LogP contribution in [0.1, 0.15) is 52.8 Å². The normalized spacial score (nSPS) is 15.0. The van der Waals surface area contributed by atoms with Gasteiger partial charge < -0.3 is 38.8 Å². The fourth-order valence-electron chi connectivity index (χ4n) is 9.22. The van der Waals surface area contributed by atoms with Crippen molar-refractivity contribution in [1.29, 1.82) is 0 Å². The van der Waals surface area contributed by atoms with Gasteiger partial charge in [-0.3, -0.25) is 4.90 Å². The number of rotatable bonds is 19. The smallest absolute Gasteiger partial charge is 0.418 e. The minimum Gasteiger partial charge on any atom is -0.497 e. The summed E-state index contributed by atoms with van der Waals surface area (Å²) in [4.78, 5) is 28.0. The Morgan fingerprint density at radius 2 is 1.49 bits per heavy atom. The van der Waals surface area contributed by atoms with E-state index >= 15 is 17.6 Å². The number of likely N-dealkylation sites (tertiary alicyclic amines) is 1. The van der Waals surface area contributed by atoms with Gasteiger partial charge in [0.15, 0.2) is 11.6 Å². The summed E-state index contributed by atoms with van der Waals surface area (Å²) in [6.45, 7) is 3.67. The summed E-state index contributed by atoms with van der Waals surface area (Å²) in [7, 11) is 4.66. The maximum Gasteiger partial charge on any atom is 0.418 e. The molecule has 0 saturated carbocycles. The molecule has 1 saturated heterocycles. The standard InChI is InChI=1S/C53H52ClF6N9O5/c1-30-22-41(68(25-33-8-14-37(71-4)15-9-33)26-34-10-16-38(72-5)17-11-34)64-47(44(30)53(58,59)60)42-45(54)49-43-48(46(42)57)65-52(74-28-35-18-19-67(35)27-40(55)56)66-51(43)69(20-21-73-49)31(2)39-24-61-29-63-50(39)62-23-32-6-12-36(70-3)13-7-32/h6-17,22,24,29,31,35,40H,18-21,23,25-28H2,1-5H3,(H,61,62,63)/t31-,35+/m1/s1. The number of aromatic nitrogens is 5. The lowest BCUT2D eigenvalue weighted by Gasteiger charge is -2.40. The van der Waals surface area contributed by atoms with Gasteiger partial charge in [-0.15, -0.1) is 0 Å². The summed E-state index contributed by atoms with van der Waals surface area (Å²) in [6.07, 6.45) is -4.07. The Morgan fingerprint density at radius 1 is 0.865 bits per heavy atom. The third kappa shape index (κ3) is 11.0. The van der Waals surface area contributed by atoms with Crippen LogP contribution in [0.5, 0.6) is 29.0 Å². The van der Waals surface area contributed by atoms with E-state index < -0.39 is 64.4 Å². The number of benzene rings is 4. The molecule has 0 spiro atoms. The van der Waals surface area contributed by atoms with Crippen LogP contribution in [0.15, 0.2) is 91.4 Å². The van der Waals surface area contributed by atoms with Crippen LogP contribution in [0.3, 0.4) is 0 Å². The Bertz CT molecular complexity index is 3050. The monoisotopic (exact) mass is 1040 g/mol. The molecule has 388 valence electrons. The molecule has 1 N–H and O–H groups in total. The number of nitrogens with one attached hydrogen (secondary N) is 1. The van der Waals surface area contributed by atoms with E-state index in [2.05, 4.69) is 25.3 Å². The molecular formula is C53H52ClF6N9O5. The first-order valence-electron chi connectivity index (χ1n) is 23.7. The maximum atomic E-state index is 18.1. The molecule has 0 radical (unpaired) electrons. The average molecular weight is 1040 g/mol. The van der Waals surface area contributed by atoms with Crippen LogP contribution < -0.4 is 38.8 Å². The van der Waals surface area contributed by atoms with E-state index in [0.717, 1.165) is 16.7 Å². The Kier molecular flexibility index (Phi) is 15.4. The van der Waals surface area contributed by atoms with Crippen LogP contribution in [0, 0.1) is 12.7 Å². The molecule has 4 aromatic carbocycles. The number of anilines is 3. The summed E-state index contributed by atoms with van der Waals surface area (Å²) in [5, 5.41) is 2.85. The number of alkyl halides is 5. The quantitative estimate of drug-likeness (QED) is 0.0771. The first kappa shape index (κ1) is 51.6. The number of hydrogen-bond donors (Lipinski definition) is 1. The van der Waals surface area contributed by atoms with Crippen molar-refractivity contribution in [1.82, 2.24) is 29.8 Å². The second-order valence-corrected chi connectivity index (χ2v) is 18.2. The highest BCUT2D eigenvalue weighted by Crippen LogP contribution is 2.51. The zero-order valence-corrected chi connectivity index (χ0v) is 41.8. The predicted octanol–water partition coefficient (Wildman–Crippen LogP) is 11.1. The van der Waals surface area contributed by atoms with Gasteiger partial charge in [-0.05, 0) is 85.0 Å². The second-order valence-electron chi connectivity index (χ2n) is 17.8. The van der Waals surface area contributed by atoms with Crippen LogP contribution in [0.25, 0.3) is 22.2 Å². The van der Waals surface area contributed by atoms with Gasteiger partial charge in [0, 0.05) is 44.0 Å². The molecule has 0 unspecified atom stereocenters. The van der Waals surface area contributed by atoms with Gasteiger partial charge in [0.25, 0.3) is 6.43 Å². The van der Waals surface area contributed by atoms with Gasteiger partial charge in [0.1, 0.15) is 59.8 Å². The number of methoxy groups -OCH3 is 3. The van der Waals surface area contributed by atoms with Gasteiger partial charge in [0.2, 0.25) is 0 Å². The minimum absolute atomic E-state index is 0.0393. The van der Waals surface area contributed by atoms with Gasteiger partial charge in [-0.25, -0.2) is 28.1 Å². The first-order chi connectivity index (χ1) is 35.6. The Labute approximate surface area is 428 Å². The fraction of sp³-hybridized carbons (Fsp3) is 0.340. The summed E-state index contributed by atoms with van der Waals surface area (Å²) in [5.74, 6) is 1.13. The highest BCUT2D eigenvalue weighted by atomic mass is 35.5. The molecule has 21 heteroatoms. The number of pyridine rings is 1. The van der Waals surface area contributed by atoms with E-state index in [0.29, 0.717) is 48.1 Å². The largest absolute Gasteiger partial charge is 0.497 e. The summed E-state index contributed by atoms with van der Waals surface area (Å²) >= 11 is 7.22. The lowest BCUT2D eigenvalue weighted by Crippen LogP contribution is -2.52. The maximum absolute atomic E-state index is 18.1. The Morgan fingerprint density at radius 3 is 2.05 bits per heavy atom. The number of nitrogens with zero attached hydrogens (tertiary/aromatic N) is 8. The van der Waals surface area contributed by atoms with Crippen LogP contribution >= 0.6 is 11.6 Å². The van der Waals surface area contributed by atoms with Crippen LogP contribution in [0.2, 0.25) is 5.02 Å². The van der Waals surface area contributed by atoms with E-state index in [9.17, 15) is 8.78 Å². The molecule has 0 amide bonds. The van der Waals surface area contributed by atoms with E-state index in [1.165, 1.54) is 33.5 Å². The third-order valence-electron chi connectivity index (χ3n) is 13.2. The van der Waals surface area contributed by atoms with Crippen molar-refractivity contribution in [2.24, 2.45) is 0 Å². The number of hydrogen-bond acceptors (Lipinski definition) is 14. The van der Waals surface area contributed by atoms with Gasteiger partial charge in [-0.1, -0.05) is 48.0 Å². The van der Waals surface area contributed by atoms with E-state index in [4.69, 9.17) is 40.3 Å². The number of aryl methyl sites for hydroxylation is 1. The van der Waals surface area contributed by atoms with E-state index in [-0.39, 0.29) is 67.2 Å². The van der Waals surface area contributed by atoms with Gasteiger partial charge in [-0.2, -0.15) is 23.1 Å². The first-order valence-corrected chi connectivity index (χ1v) is 24.1. The van der Waals surface area contributed by atoms with Crippen molar-refractivity contribution >= 4 is 40.0 Å². The average Bonchev–Trinajstić information content (AvgIpc) is 3.60. The molecule has 5 heterocycles.